The minimum Gasteiger partial charge on any atom is -0.325 e. The van der Waals surface area contributed by atoms with E-state index in [4.69, 9.17) is 0 Å². The zero-order chi connectivity index (χ0) is 21.8. The molecule has 0 aliphatic carbocycles. The van der Waals surface area contributed by atoms with Gasteiger partial charge >= 0.3 is 0 Å². The largest absolute Gasteiger partial charge is 0.325 e. The first-order chi connectivity index (χ1) is 14.3. The van der Waals surface area contributed by atoms with Crippen LogP contribution < -0.4 is 10.9 Å². The molecule has 7 heteroatoms. The lowest BCUT2D eigenvalue weighted by Crippen LogP contribution is -2.24. The van der Waals surface area contributed by atoms with E-state index in [0.29, 0.717) is 11.3 Å². The maximum Gasteiger partial charge on any atom is 0.270 e. The zero-order valence-corrected chi connectivity index (χ0v) is 18.1. The van der Waals surface area contributed by atoms with Crippen molar-refractivity contribution >= 4 is 23.4 Å². The van der Waals surface area contributed by atoms with Gasteiger partial charge in [-0.3, -0.25) is 9.59 Å². The summed E-state index contributed by atoms with van der Waals surface area (Å²) < 4.78 is 0. The SMILES string of the molecule is Cc1ccc(-c2nc(S[C@H](C)C(=O)Nc3ccc(C)cc3C)[nH]c(=O)c2C#N)cc1. The molecular formula is C23H22N4O2S. The number of aryl methyl sites for hydroxylation is 3. The number of rotatable bonds is 5. The van der Waals surface area contributed by atoms with Gasteiger partial charge < -0.3 is 10.3 Å². The van der Waals surface area contributed by atoms with Gasteiger partial charge in [0.25, 0.3) is 5.56 Å². The van der Waals surface area contributed by atoms with Gasteiger partial charge in [0, 0.05) is 11.3 Å². The lowest BCUT2D eigenvalue weighted by Gasteiger charge is -2.14. The van der Waals surface area contributed by atoms with E-state index in [1.54, 1.807) is 6.92 Å². The number of nitrogens with one attached hydrogen (secondary N) is 2. The first-order valence-electron chi connectivity index (χ1n) is 9.44. The molecule has 0 fully saturated rings. The van der Waals surface area contributed by atoms with E-state index in [1.807, 2.05) is 69.3 Å². The number of hydrogen-bond donors (Lipinski definition) is 2. The van der Waals surface area contributed by atoms with Crippen LogP contribution in [-0.2, 0) is 4.79 Å². The van der Waals surface area contributed by atoms with Crippen LogP contribution in [0.5, 0.6) is 0 Å². The number of hydrogen-bond acceptors (Lipinski definition) is 5. The fourth-order valence-corrected chi connectivity index (χ4v) is 3.74. The van der Waals surface area contributed by atoms with E-state index in [9.17, 15) is 14.9 Å². The normalized spacial score (nSPS) is 11.6. The van der Waals surface area contributed by atoms with E-state index in [1.165, 1.54) is 0 Å². The van der Waals surface area contributed by atoms with Crippen LogP contribution in [0.3, 0.4) is 0 Å². The number of aromatic nitrogens is 2. The van der Waals surface area contributed by atoms with E-state index >= 15 is 0 Å². The summed E-state index contributed by atoms with van der Waals surface area (Å²) in [6.45, 7) is 7.63. The number of carbonyl (C=O) groups excluding carboxylic acids is 1. The van der Waals surface area contributed by atoms with Gasteiger partial charge in [-0.1, -0.05) is 59.3 Å². The molecule has 1 heterocycles. The highest BCUT2D eigenvalue weighted by atomic mass is 32.2. The summed E-state index contributed by atoms with van der Waals surface area (Å²) in [5.74, 6) is -0.198. The van der Waals surface area contributed by atoms with Crippen LogP contribution in [0.15, 0.2) is 52.4 Å². The number of nitrogens with zero attached hydrogens (tertiary/aromatic N) is 2. The predicted molar refractivity (Wildman–Crippen MR) is 120 cm³/mol. The molecule has 1 amide bonds. The summed E-state index contributed by atoms with van der Waals surface area (Å²) in [4.78, 5) is 32.1. The highest BCUT2D eigenvalue weighted by Crippen LogP contribution is 2.26. The molecule has 0 spiro atoms. The summed E-state index contributed by atoms with van der Waals surface area (Å²) in [6.07, 6.45) is 0. The summed E-state index contributed by atoms with van der Waals surface area (Å²) in [7, 11) is 0. The van der Waals surface area contributed by atoms with Gasteiger partial charge in [0.1, 0.15) is 11.6 Å². The van der Waals surface area contributed by atoms with Crippen LogP contribution >= 0.6 is 11.8 Å². The number of carbonyl (C=O) groups is 1. The second kappa shape index (κ2) is 8.97. The Morgan fingerprint density at radius 3 is 2.43 bits per heavy atom. The second-order valence-electron chi connectivity index (χ2n) is 7.14. The van der Waals surface area contributed by atoms with Crippen molar-refractivity contribution in [1.82, 2.24) is 9.97 Å². The Morgan fingerprint density at radius 1 is 1.13 bits per heavy atom. The Hall–Kier alpha value is -3.37. The fraction of sp³-hybridized carbons (Fsp3) is 0.217. The van der Waals surface area contributed by atoms with Crippen LogP contribution in [0, 0.1) is 32.1 Å². The molecule has 1 atom stereocenters. The number of amides is 1. The highest BCUT2D eigenvalue weighted by molar-refractivity contribution is 8.00. The molecule has 152 valence electrons. The molecule has 0 radical (unpaired) electrons. The van der Waals surface area contributed by atoms with Crippen LogP contribution in [0.25, 0.3) is 11.3 Å². The van der Waals surface area contributed by atoms with Gasteiger partial charge in [-0.25, -0.2) is 4.98 Å². The summed E-state index contributed by atoms with van der Waals surface area (Å²) in [6, 6.07) is 15.2. The number of benzene rings is 2. The lowest BCUT2D eigenvalue weighted by molar-refractivity contribution is -0.115. The molecule has 0 aliphatic rings. The molecule has 0 saturated carbocycles. The van der Waals surface area contributed by atoms with Crippen molar-refractivity contribution in [2.45, 2.75) is 38.1 Å². The van der Waals surface area contributed by atoms with Crippen molar-refractivity contribution in [3.05, 3.63) is 75.1 Å². The van der Waals surface area contributed by atoms with Gasteiger partial charge in [0.05, 0.1) is 10.9 Å². The van der Waals surface area contributed by atoms with Crippen molar-refractivity contribution in [2.24, 2.45) is 0 Å². The summed E-state index contributed by atoms with van der Waals surface area (Å²) in [5.41, 5.74) is 4.34. The van der Waals surface area contributed by atoms with Crippen LogP contribution in [-0.4, -0.2) is 21.1 Å². The molecular weight excluding hydrogens is 396 g/mol. The van der Waals surface area contributed by atoms with Gasteiger partial charge in [0.2, 0.25) is 5.91 Å². The first-order valence-corrected chi connectivity index (χ1v) is 10.3. The molecule has 30 heavy (non-hydrogen) atoms. The molecule has 0 unspecified atom stereocenters. The summed E-state index contributed by atoms with van der Waals surface area (Å²) >= 11 is 1.14. The number of H-pyrrole nitrogens is 1. The van der Waals surface area contributed by atoms with Crippen molar-refractivity contribution in [1.29, 1.82) is 5.26 Å². The first kappa shape index (κ1) is 21.3. The van der Waals surface area contributed by atoms with Crippen LogP contribution in [0.1, 0.15) is 29.2 Å². The second-order valence-corrected chi connectivity index (χ2v) is 8.47. The molecule has 2 N–H and O–H groups in total. The topological polar surface area (TPSA) is 98.6 Å². The average molecular weight is 419 g/mol. The van der Waals surface area contributed by atoms with Crippen molar-refractivity contribution in [3.63, 3.8) is 0 Å². The maximum absolute atomic E-state index is 12.7. The van der Waals surface area contributed by atoms with E-state index in [2.05, 4.69) is 15.3 Å². The van der Waals surface area contributed by atoms with Gasteiger partial charge in [-0.15, -0.1) is 0 Å². The molecule has 1 aromatic heterocycles. The molecule has 0 bridgehead atoms. The lowest BCUT2D eigenvalue weighted by atomic mass is 10.1. The molecule has 6 nitrogen and oxygen atoms in total. The van der Waals surface area contributed by atoms with E-state index < -0.39 is 10.8 Å². The Balaban J connectivity index is 1.85. The third-order valence-corrected chi connectivity index (χ3v) is 5.62. The Labute approximate surface area is 179 Å². The predicted octanol–water partition coefficient (Wildman–Crippen LogP) is 4.35. The minimum atomic E-state index is -0.521. The molecule has 2 aromatic carbocycles. The standard InChI is InChI=1S/C23H22N4O2S/c1-13-5-8-17(9-6-13)20-18(12-24)22(29)27-23(26-20)30-16(4)21(28)25-19-10-7-14(2)11-15(19)3/h5-11,16H,1-4H3,(H,25,28)(H,26,27,29)/t16-/m1/s1. The molecule has 3 aromatic rings. The van der Waals surface area contributed by atoms with E-state index in [-0.39, 0.29) is 16.6 Å². The Bertz CT molecular complexity index is 1190. The number of aromatic amines is 1. The Morgan fingerprint density at radius 2 is 1.80 bits per heavy atom. The molecule has 0 saturated heterocycles. The molecule has 0 aliphatic heterocycles. The minimum absolute atomic E-state index is 0.0458. The number of thioether (sulfide) groups is 1. The quantitative estimate of drug-likeness (QED) is 0.474. The summed E-state index contributed by atoms with van der Waals surface area (Å²) in [5, 5.41) is 12.1. The van der Waals surface area contributed by atoms with Gasteiger partial charge in [-0.05, 0) is 39.3 Å². The van der Waals surface area contributed by atoms with Gasteiger partial charge in [0.15, 0.2) is 5.16 Å². The monoisotopic (exact) mass is 418 g/mol. The molecule has 3 rings (SSSR count). The number of nitriles is 1. The number of anilines is 1. The smallest absolute Gasteiger partial charge is 0.270 e. The average Bonchev–Trinajstić information content (AvgIpc) is 2.70. The Kier molecular flexibility index (Phi) is 6.38. The third-order valence-electron chi connectivity index (χ3n) is 4.63. The van der Waals surface area contributed by atoms with Gasteiger partial charge in [-0.2, -0.15) is 5.26 Å². The van der Waals surface area contributed by atoms with Crippen molar-refractivity contribution in [3.8, 4) is 17.3 Å². The fourth-order valence-electron chi connectivity index (χ4n) is 2.94. The third kappa shape index (κ3) is 4.78. The zero-order valence-electron chi connectivity index (χ0n) is 17.2. The van der Waals surface area contributed by atoms with Crippen LogP contribution in [0.4, 0.5) is 5.69 Å². The van der Waals surface area contributed by atoms with Crippen molar-refractivity contribution < 1.29 is 4.79 Å². The highest BCUT2D eigenvalue weighted by Gasteiger charge is 2.19. The van der Waals surface area contributed by atoms with Crippen LogP contribution in [0.2, 0.25) is 0 Å². The van der Waals surface area contributed by atoms with E-state index in [0.717, 1.165) is 34.1 Å². The maximum atomic E-state index is 12.7. The van der Waals surface area contributed by atoms with Crippen molar-refractivity contribution in [2.75, 3.05) is 5.32 Å².